The molecule has 1 amide bonds. The molecule has 0 unspecified atom stereocenters. The van der Waals surface area contributed by atoms with Crippen LogP contribution in [0.15, 0.2) is 42.6 Å². The Bertz CT molecular complexity index is 1240. The van der Waals surface area contributed by atoms with E-state index in [4.69, 9.17) is 4.74 Å². The maximum atomic E-state index is 14.0. The molecule has 200 valence electrons. The number of anilines is 2. The highest BCUT2D eigenvalue weighted by Crippen LogP contribution is 2.41. The normalized spacial score (nSPS) is 13.3. The van der Waals surface area contributed by atoms with Crippen LogP contribution in [0, 0.1) is 18.1 Å². The number of nitrogens with zero attached hydrogens (tertiary/aromatic N) is 4. The number of alkyl halides is 3. The molecular formula is C29H31F3N4O2. The van der Waals surface area contributed by atoms with Gasteiger partial charge in [-0.05, 0) is 69.8 Å². The molecule has 0 bridgehead atoms. The molecular weight excluding hydrogens is 493 g/mol. The van der Waals surface area contributed by atoms with E-state index in [2.05, 4.69) is 22.1 Å². The van der Waals surface area contributed by atoms with Crippen LogP contribution in [0.2, 0.25) is 0 Å². The van der Waals surface area contributed by atoms with Crippen molar-refractivity contribution >= 4 is 17.4 Å². The Morgan fingerprint density at radius 3 is 2.58 bits per heavy atom. The molecule has 6 nitrogen and oxygen atoms in total. The van der Waals surface area contributed by atoms with Crippen molar-refractivity contribution in [3.8, 4) is 17.0 Å². The summed E-state index contributed by atoms with van der Waals surface area (Å²) in [5.74, 6) is -0.748. The number of aromatic nitrogens is 2. The Kier molecular flexibility index (Phi) is 8.52. The van der Waals surface area contributed by atoms with Crippen molar-refractivity contribution in [1.29, 1.82) is 0 Å². The number of hydrogen-bond donors (Lipinski definition) is 0. The van der Waals surface area contributed by atoms with Gasteiger partial charge in [0, 0.05) is 30.3 Å². The van der Waals surface area contributed by atoms with Gasteiger partial charge in [-0.2, -0.15) is 13.2 Å². The molecule has 1 aromatic carbocycles. The standard InChI is InChI=1S/C29H31F3N4O2/c1-4-5-6-16-38-26-15-14-23(17-24(26)29(30,31)32)36(28(37)20-10-11-20)27-9-7-8-25(34-27)21-12-13-22(33-18-21)19-35(2)3/h8,12-15,17-18,20H,4-6,10-11,16,19H2,1-3H3. The predicted molar refractivity (Wildman–Crippen MR) is 139 cm³/mol. The lowest BCUT2D eigenvalue weighted by atomic mass is 10.1. The van der Waals surface area contributed by atoms with Gasteiger partial charge in [-0.25, -0.2) is 4.98 Å². The number of rotatable bonds is 11. The van der Waals surface area contributed by atoms with Crippen LogP contribution >= 0.6 is 0 Å². The van der Waals surface area contributed by atoms with Gasteiger partial charge in [0.1, 0.15) is 5.75 Å². The van der Waals surface area contributed by atoms with Crippen LogP contribution < -0.4 is 9.64 Å². The number of amides is 1. The van der Waals surface area contributed by atoms with Crippen molar-refractivity contribution in [2.75, 3.05) is 25.6 Å². The zero-order valence-electron chi connectivity index (χ0n) is 21.8. The molecule has 4 rings (SSSR count). The van der Waals surface area contributed by atoms with E-state index in [1.54, 1.807) is 12.3 Å². The second-order valence-corrected chi connectivity index (χ2v) is 9.69. The van der Waals surface area contributed by atoms with Crippen LogP contribution in [-0.4, -0.2) is 41.5 Å². The van der Waals surface area contributed by atoms with Crippen molar-refractivity contribution in [3.05, 3.63) is 66.0 Å². The van der Waals surface area contributed by atoms with Gasteiger partial charge in [0.2, 0.25) is 5.91 Å². The molecule has 38 heavy (non-hydrogen) atoms. The quantitative estimate of drug-likeness (QED) is 0.269. The van der Waals surface area contributed by atoms with Crippen molar-refractivity contribution in [2.24, 2.45) is 5.92 Å². The number of halogens is 3. The Hall–Kier alpha value is -3.64. The van der Waals surface area contributed by atoms with E-state index < -0.39 is 11.7 Å². The summed E-state index contributed by atoms with van der Waals surface area (Å²) in [7, 11) is 3.90. The summed E-state index contributed by atoms with van der Waals surface area (Å²) in [4.78, 5) is 25.6. The summed E-state index contributed by atoms with van der Waals surface area (Å²) in [6.45, 7) is 2.88. The van der Waals surface area contributed by atoms with E-state index in [1.165, 1.54) is 17.0 Å². The number of benzene rings is 1. The average Bonchev–Trinajstić information content (AvgIpc) is 3.73. The van der Waals surface area contributed by atoms with E-state index >= 15 is 0 Å². The van der Waals surface area contributed by atoms with E-state index in [0.717, 1.165) is 24.6 Å². The van der Waals surface area contributed by atoms with Crippen molar-refractivity contribution in [2.45, 2.75) is 51.7 Å². The zero-order chi connectivity index (χ0) is 27.3. The molecule has 1 aliphatic rings. The second-order valence-electron chi connectivity index (χ2n) is 9.69. The number of carbonyl (C=O) groups excluding carboxylic acids is 1. The largest absolute Gasteiger partial charge is 0.493 e. The van der Waals surface area contributed by atoms with Gasteiger partial charge in [-0.15, -0.1) is 0 Å². The van der Waals surface area contributed by atoms with Crippen LogP contribution in [0.1, 0.15) is 50.3 Å². The van der Waals surface area contributed by atoms with E-state index in [9.17, 15) is 18.0 Å². The fourth-order valence-corrected chi connectivity index (χ4v) is 4.00. The predicted octanol–water partition coefficient (Wildman–Crippen LogP) is 6.47. The minimum absolute atomic E-state index is 0.0592. The van der Waals surface area contributed by atoms with Crippen LogP contribution in [0.5, 0.6) is 5.75 Å². The summed E-state index contributed by atoms with van der Waals surface area (Å²) < 4.78 is 47.5. The second kappa shape index (κ2) is 11.8. The fraction of sp³-hybridized carbons (Fsp3) is 0.414. The third-order valence-electron chi connectivity index (χ3n) is 6.11. The summed E-state index contributed by atoms with van der Waals surface area (Å²) in [5.41, 5.74) is 1.20. The van der Waals surface area contributed by atoms with Gasteiger partial charge in [-0.3, -0.25) is 14.7 Å². The topological polar surface area (TPSA) is 58.6 Å². The minimum Gasteiger partial charge on any atom is -0.493 e. The Morgan fingerprint density at radius 1 is 1.16 bits per heavy atom. The van der Waals surface area contributed by atoms with Gasteiger partial charge >= 0.3 is 6.18 Å². The van der Waals surface area contributed by atoms with Gasteiger partial charge in [-0.1, -0.05) is 25.8 Å². The number of ether oxygens (including phenoxy) is 1. The highest BCUT2D eigenvalue weighted by Gasteiger charge is 2.39. The lowest BCUT2D eigenvalue weighted by Gasteiger charge is -2.23. The van der Waals surface area contributed by atoms with Crippen LogP contribution in [0.25, 0.3) is 11.3 Å². The maximum Gasteiger partial charge on any atom is 0.420 e. The van der Waals surface area contributed by atoms with Crippen molar-refractivity contribution < 1.29 is 22.7 Å². The van der Waals surface area contributed by atoms with E-state index in [0.29, 0.717) is 37.1 Å². The first-order chi connectivity index (χ1) is 18.2. The Morgan fingerprint density at radius 2 is 1.95 bits per heavy atom. The monoisotopic (exact) mass is 524 g/mol. The first-order valence-electron chi connectivity index (χ1n) is 12.8. The molecule has 0 radical (unpaired) electrons. The molecule has 9 heteroatoms. The third-order valence-corrected chi connectivity index (χ3v) is 6.11. The first-order valence-corrected chi connectivity index (χ1v) is 12.8. The highest BCUT2D eigenvalue weighted by atomic mass is 19.4. The molecule has 1 fully saturated rings. The Labute approximate surface area is 221 Å². The van der Waals surface area contributed by atoms with E-state index in [-0.39, 0.29) is 35.7 Å². The number of carbonyl (C=O) groups is 1. The van der Waals surface area contributed by atoms with E-state index in [1.807, 2.05) is 38.1 Å². The van der Waals surface area contributed by atoms with Crippen molar-refractivity contribution in [3.63, 3.8) is 0 Å². The van der Waals surface area contributed by atoms with Crippen LogP contribution in [0.4, 0.5) is 24.7 Å². The smallest absolute Gasteiger partial charge is 0.420 e. The number of unbranched alkanes of at least 4 members (excludes halogenated alkanes) is 2. The zero-order valence-corrected chi connectivity index (χ0v) is 21.8. The summed E-state index contributed by atoms with van der Waals surface area (Å²) in [6.07, 6.45) is 0.845. The molecule has 0 saturated heterocycles. The maximum absolute atomic E-state index is 14.0. The van der Waals surface area contributed by atoms with Crippen LogP contribution in [0.3, 0.4) is 0 Å². The number of pyridine rings is 1. The lowest BCUT2D eigenvalue weighted by Crippen LogP contribution is -2.28. The van der Waals surface area contributed by atoms with Crippen molar-refractivity contribution in [1.82, 2.24) is 14.9 Å². The molecule has 3 aromatic rings. The van der Waals surface area contributed by atoms with Crippen LogP contribution in [-0.2, 0) is 17.5 Å². The SMILES string of the molecule is CCCCCOc1ccc(N(C(=O)C2CC2)c2c#ccc(-c3ccc(CN(C)C)nc3)n2)cc1C(F)(F)F. The minimum atomic E-state index is -4.66. The number of hydrogen-bond acceptors (Lipinski definition) is 5. The molecule has 1 saturated carbocycles. The molecule has 0 aliphatic heterocycles. The first kappa shape index (κ1) is 27.4. The third kappa shape index (κ3) is 6.81. The highest BCUT2D eigenvalue weighted by molar-refractivity contribution is 6.02. The average molecular weight is 525 g/mol. The summed E-state index contributed by atoms with van der Waals surface area (Å²) >= 11 is 0. The lowest BCUT2D eigenvalue weighted by molar-refractivity contribution is -0.139. The van der Waals surface area contributed by atoms with Gasteiger partial charge in [0.05, 0.1) is 29.2 Å². The van der Waals surface area contributed by atoms with Gasteiger partial charge in [0.15, 0.2) is 5.82 Å². The summed E-state index contributed by atoms with van der Waals surface area (Å²) in [6, 6.07) is 14.8. The molecule has 2 aromatic heterocycles. The summed E-state index contributed by atoms with van der Waals surface area (Å²) in [5, 5.41) is 0. The van der Waals surface area contributed by atoms with Gasteiger partial charge < -0.3 is 9.64 Å². The fourth-order valence-electron chi connectivity index (χ4n) is 4.00. The molecule has 1 aliphatic carbocycles. The molecule has 0 atom stereocenters. The molecule has 2 heterocycles. The molecule has 0 N–H and O–H groups in total. The molecule has 0 spiro atoms. The Balaban J connectivity index is 1.69. The van der Waals surface area contributed by atoms with Gasteiger partial charge in [0.25, 0.3) is 0 Å².